The van der Waals surface area contributed by atoms with E-state index in [1.807, 2.05) is 13.0 Å². The number of halogens is 2. The summed E-state index contributed by atoms with van der Waals surface area (Å²) in [6.45, 7) is 2.80. The number of nitrogens with one attached hydrogen (secondary N) is 1. The van der Waals surface area contributed by atoms with Gasteiger partial charge in [0, 0.05) is 22.6 Å². The fourth-order valence-electron chi connectivity index (χ4n) is 2.83. The first-order valence-electron chi connectivity index (χ1n) is 7.66. The largest absolute Gasteiger partial charge is 0.370 e. The van der Waals surface area contributed by atoms with E-state index in [0.717, 1.165) is 18.4 Å². The number of sulfonamides is 1. The average molecular weight is 393 g/mol. The van der Waals surface area contributed by atoms with Crippen LogP contribution in [0.15, 0.2) is 23.2 Å². The summed E-state index contributed by atoms with van der Waals surface area (Å²) in [5, 5.41) is 4.19. The molecule has 2 atom stereocenters. The van der Waals surface area contributed by atoms with Crippen LogP contribution in [0.5, 0.6) is 0 Å². The molecule has 9 heteroatoms. The fraction of sp³-hybridized carbons (Fsp3) is 0.533. The molecule has 1 heterocycles. The Morgan fingerprint density at radius 2 is 2.21 bits per heavy atom. The van der Waals surface area contributed by atoms with Crippen molar-refractivity contribution in [1.29, 1.82) is 0 Å². The van der Waals surface area contributed by atoms with Crippen molar-refractivity contribution in [2.45, 2.75) is 31.8 Å². The third kappa shape index (κ3) is 4.99. The van der Waals surface area contributed by atoms with Crippen LogP contribution in [0, 0.1) is 0 Å². The van der Waals surface area contributed by atoms with Crippen LogP contribution in [-0.4, -0.2) is 44.1 Å². The van der Waals surface area contributed by atoms with Gasteiger partial charge in [0.25, 0.3) is 0 Å². The molecule has 2 rings (SSSR count). The highest BCUT2D eigenvalue weighted by molar-refractivity contribution is 7.88. The summed E-state index contributed by atoms with van der Waals surface area (Å²) in [7, 11) is -3.20. The number of rotatable bonds is 5. The zero-order valence-corrected chi connectivity index (χ0v) is 16.0. The summed E-state index contributed by atoms with van der Waals surface area (Å²) in [6.07, 6.45) is 2.86. The first kappa shape index (κ1) is 19.3. The van der Waals surface area contributed by atoms with Crippen molar-refractivity contribution in [3.05, 3.63) is 33.8 Å². The van der Waals surface area contributed by atoms with Gasteiger partial charge < -0.3 is 11.1 Å². The Hall–Kier alpha value is -1.02. The van der Waals surface area contributed by atoms with E-state index in [1.165, 1.54) is 10.6 Å². The van der Waals surface area contributed by atoms with Gasteiger partial charge in [-0.1, -0.05) is 29.3 Å². The monoisotopic (exact) mass is 392 g/mol. The number of hydrogen-bond donors (Lipinski definition) is 2. The molecule has 1 aromatic carbocycles. The molecule has 0 bridgehead atoms. The number of hydrogen-bond acceptors (Lipinski definition) is 3. The molecule has 24 heavy (non-hydrogen) atoms. The van der Waals surface area contributed by atoms with Gasteiger partial charge in [-0.25, -0.2) is 8.42 Å². The van der Waals surface area contributed by atoms with Crippen LogP contribution in [0.25, 0.3) is 0 Å². The second-order valence-electron chi connectivity index (χ2n) is 5.93. The van der Waals surface area contributed by atoms with Crippen LogP contribution in [0.4, 0.5) is 0 Å². The zero-order valence-electron chi connectivity index (χ0n) is 13.7. The lowest BCUT2D eigenvalue weighted by molar-refractivity contribution is 0.396. The summed E-state index contributed by atoms with van der Waals surface area (Å²) in [4.78, 5) is 4.29. The number of benzene rings is 1. The van der Waals surface area contributed by atoms with Gasteiger partial charge >= 0.3 is 0 Å². The minimum atomic E-state index is -3.20. The molecule has 0 spiro atoms. The maximum atomic E-state index is 11.7. The lowest BCUT2D eigenvalue weighted by atomic mass is 10.1. The second-order valence-corrected chi connectivity index (χ2v) is 8.71. The molecular formula is C15H22Cl2N4O2S. The average Bonchev–Trinajstić information content (AvgIpc) is 2.93. The Morgan fingerprint density at radius 3 is 2.83 bits per heavy atom. The van der Waals surface area contributed by atoms with Crippen molar-refractivity contribution >= 4 is 39.2 Å². The lowest BCUT2D eigenvalue weighted by Gasteiger charge is -2.21. The molecule has 1 saturated heterocycles. The summed E-state index contributed by atoms with van der Waals surface area (Å²) in [5.74, 6) is 0.258. The summed E-state index contributed by atoms with van der Waals surface area (Å²) in [5.41, 5.74) is 6.79. The number of nitrogens with two attached hydrogens (primary N) is 1. The third-order valence-electron chi connectivity index (χ3n) is 4.01. The topological polar surface area (TPSA) is 87.8 Å². The summed E-state index contributed by atoms with van der Waals surface area (Å²) in [6, 6.07) is 4.99. The van der Waals surface area contributed by atoms with Crippen molar-refractivity contribution in [3.63, 3.8) is 0 Å². The van der Waals surface area contributed by atoms with Gasteiger partial charge in [0.1, 0.15) is 0 Å². The van der Waals surface area contributed by atoms with E-state index >= 15 is 0 Å². The molecule has 1 aliphatic rings. The molecule has 0 radical (unpaired) electrons. The lowest BCUT2D eigenvalue weighted by Crippen LogP contribution is -2.39. The fourth-order valence-corrected chi connectivity index (χ4v) is 4.58. The van der Waals surface area contributed by atoms with Gasteiger partial charge in [0.2, 0.25) is 10.0 Å². The Kier molecular flexibility index (Phi) is 6.36. The molecule has 0 aromatic heterocycles. The Labute approximate surface area is 153 Å². The van der Waals surface area contributed by atoms with Crippen LogP contribution in [0.2, 0.25) is 10.0 Å². The van der Waals surface area contributed by atoms with E-state index < -0.39 is 10.0 Å². The molecule has 0 aliphatic carbocycles. The van der Waals surface area contributed by atoms with Crippen molar-refractivity contribution in [1.82, 2.24) is 9.62 Å². The van der Waals surface area contributed by atoms with Gasteiger partial charge in [0.15, 0.2) is 5.96 Å². The molecule has 1 aromatic rings. The first-order valence-corrected chi connectivity index (χ1v) is 10.3. The Morgan fingerprint density at radius 1 is 1.50 bits per heavy atom. The zero-order chi connectivity index (χ0) is 17.9. The van der Waals surface area contributed by atoms with Gasteiger partial charge in [-0.15, -0.1) is 0 Å². The Bertz CT molecular complexity index is 724. The molecule has 0 saturated carbocycles. The van der Waals surface area contributed by atoms with Gasteiger partial charge in [0.05, 0.1) is 18.8 Å². The number of guanidine groups is 1. The highest BCUT2D eigenvalue weighted by Gasteiger charge is 2.31. The summed E-state index contributed by atoms with van der Waals surface area (Å²) < 4.78 is 24.9. The molecule has 0 amide bonds. The normalized spacial score (nSPS) is 21.0. The molecular weight excluding hydrogens is 371 g/mol. The minimum Gasteiger partial charge on any atom is -0.370 e. The standard InChI is InChI=1S/C15H22Cl2N4O2S/c1-10(13-6-5-11(16)8-14(13)17)20-15(18)19-9-12-4-3-7-21(12)24(2,22)23/h5-6,8,10,12H,3-4,7,9H2,1-2H3,(H3,18,19,20)/t10?,12-/m1/s1. The molecule has 1 fully saturated rings. The second kappa shape index (κ2) is 7.91. The van der Waals surface area contributed by atoms with Crippen molar-refractivity contribution in [3.8, 4) is 0 Å². The third-order valence-corrected chi connectivity index (χ3v) is 5.91. The van der Waals surface area contributed by atoms with E-state index in [2.05, 4.69) is 10.3 Å². The van der Waals surface area contributed by atoms with Crippen LogP contribution in [0.1, 0.15) is 31.4 Å². The van der Waals surface area contributed by atoms with Gasteiger partial charge in [-0.05, 0) is 37.5 Å². The minimum absolute atomic E-state index is 0.130. The first-order chi connectivity index (χ1) is 11.2. The molecule has 3 N–H and O–H groups in total. The quantitative estimate of drug-likeness (QED) is 0.594. The molecule has 6 nitrogen and oxygen atoms in total. The molecule has 1 aliphatic heterocycles. The summed E-state index contributed by atoms with van der Waals surface area (Å²) >= 11 is 12.1. The number of nitrogens with zero attached hydrogens (tertiary/aromatic N) is 2. The van der Waals surface area contributed by atoms with Crippen molar-refractivity contribution in [2.24, 2.45) is 10.7 Å². The maximum absolute atomic E-state index is 11.7. The number of aliphatic imine (C=N–C) groups is 1. The van der Waals surface area contributed by atoms with E-state index in [0.29, 0.717) is 23.1 Å². The van der Waals surface area contributed by atoms with E-state index in [9.17, 15) is 8.42 Å². The van der Waals surface area contributed by atoms with Gasteiger partial charge in [-0.2, -0.15) is 4.31 Å². The van der Waals surface area contributed by atoms with Crippen LogP contribution >= 0.6 is 23.2 Å². The SMILES string of the molecule is CC(NC(N)=NC[C@H]1CCCN1S(C)(=O)=O)c1ccc(Cl)cc1Cl. The molecule has 134 valence electrons. The van der Waals surface area contributed by atoms with Crippen molar-refractivity contribution < 1.29 is 8.42 Å². The highest BCUT2D eigenvalue weighted by atomic mass is 35.5. The Balaban J connectivity index is 1.98. The smallest absolute Gasteiger partial charge is 0.211 e. The van der Waals surface area contributed by atoms with E-state index in [1.54, 1.807) is 12.1 Å². The van der Waals surface area contributed by atoms with Crippen molar-refractivity contribution in [2.75, 3.05) is 19.3 Å². The maximum Gasteiger partial charge on any atom is 0.211 e. The predicted molar refractivity (Wildman–Crippen MR) is 99.1 cm³/mol. The molecule has 1 unspecified atom stereocenters. The van der Waals surface area contributed by atoms with E-state index in [-0.39, 0.29) is 18.0 Å². The van der Waals surface area contributed by atoms with Crippen LogP contribution in [-0.2, 0) is 10.0 Å². The van der Waals surface area contributed by atoms with E-state index in [4.69, 9.17) is 28.9 Å². The van der Waals surface area contributed by atoms with Crippen LogP contribution < -0.4 is 11.1 Å². The predicted octanol–water partition coefficient (Wildman–Crippen LogP) is 2.38. The van der Waals surface area contributed by atoms with Crippen LogP contribution in [0.3, 0.4) is 0 Å². The van der Waals surface area contributed by atoms with Gasteiger partial charge in [-0.3, -0.25) is 4.99 Å². The highest BCUT2D eigenvalue weighted by Crippen LogP contribution is 2.26.